The predicted molar refractivity (Wildman–Crippen MR) is 104 cm³/mol. The minimum atomic E-state index is -0.162. The van der Waals surface area contributed by atoms with Crippen LogP contribution in [0.15, 0.2) is 53.5 Å². The lowest BCUT2D eigenvalue weighted by Gasteiger charge is -2.35. The highest BCUT2D eigenvalue weighted by atomic mass is 16.2. The average Bonchev–Trinajstić information content (AvgIpc) is 2.74. The molecule has 0 atom stereocenters. The van der Waals surface area contributed by atoms with Crippen LogP contribution in [0.4, 0.5) is 5.82 Å². The number of aryl methyl sites for hydroxylation is 1. The Morgan fingerprint density at radius 3 is 2.37 bits per heavy atom. The molecular weight excluding hydrogens is 342 g/mol. The van der Waals surface area contributed by atoms with Gasteiger partial charge in [0.1, 0.15) is 5.82 Å². The molecule has 0 radical (unpaired) electrons. The molecule has 3 heterocycles. The summed E-state index contributed by atoms with van der Waals surface area (Å²) in [4.78, 5) is 34.0. The van der Waals surface area contributed by atoms with Crippen molar-refractivity contribution in [2.24, 2.45) is 0 Å². The summed E-state index contributed by atoms with van der Waals surface area (Å²) < 4.78 is 1.36. The molecule has 7 nitrogen and oxygen atoms in total. The molecule has 0 aliphatic carbocycles. The van der Waals surface area contributed by atoms with Gasteiger partial charge in [-0.1, -0.05) is 24.3 Å². The number of hydrogen-bond acceptors (Lipinski definition) is 5. The molecule has 0 saturated carbocycles. The number of amides is 1. The maximum absolute atomic E-state index is 13.2. The van der Waals surface area contributed by atoms with E-state index < -0.39 is 0 Å². The van der Waals surface area contributed by atoms with Crippen molar-refractivity contribution in [1.29, 1.82) is 0 Å². The molecule has 0 bridgehead atoms. The van der Waals surface area contributed by atoms with Crippen LogP contribution in [0.1, 0.15) is 17.4 Å². The zero-order valence-electron chi connectivity index (χ0n) is 15.2. The Labute approximate surface area is 156 Å². The zero-order valence-corrected chi connectivity index (χ0v) is 15.2. The summed E-state index contributed by atoms with van der Waals surface area (Å²) in [6.45, 7) is 4.90. The number of carbonyl (C=O) groups excluding carboxylic acids is 1. The number of rotatable bonds is 3. The smallest absolute Gasteiger partial charge is 0.275 e. The SMILES string of the molecule is CCn1nc(C(=O)N2CCN(c3ccccn3)CC2)c2ccccc2c1=O. The van der Waals surface area contributed by atoms with Crippen LogP contribution in [0.2, 0.25) is 0 Å². The Hall–Kier alpha value is -3.22. The van der Waals surface area contributed by atoms with Gasteiger partial charge in [0.05, 0.1) is 5.39 Å². The monoisotopic (exact) mass is 363 g/mol. The van der Waals surface area contributed by atoms with Gasteiger partial charge in [-0.05, 0) is 25.1 Å². The van der Waals surface area contributed by atoms with Crippen LogP contribution in [-0.2, 0) is 6.54 Å². The van der Waals surface area contributed by atoms with Crippen molar-refractivity contribution in [3.63, 3.8) is 0 Å². The van der Waals surface area contributed by atoms with E-state index in [9.17, 15) is 9.59 Å². The fourth-order valence-electron chi connectivity index (χ4n) is 3.44. The Bertz CT molecular complexity index is 1020. The molecule has 1 aliphatic heterocycles. The zero-order chi connectivity index (χ0) is 18.8. The molecule has 7 heteroatoms. The lowest BCUT2D eigenvalue weighted by molar-refractivity contribution is 0.0740. The number of aromatic nitrogens is 3. The van der Waals surface area contributed by atoms with Crippen molar-refractivity contribution < 1.29 is 4.79 Å². The first-order valence-corrected chi connectivity index (χ1v) is 9.14. The molecule has 0 spiro atoms. The lowest BCUT2D eigenvalue weighted by Crippen LogP contribution is -2.49. The van der Waals surface area contributed by atoms with Crippen molar-refractivity contribution in [1.82, 2.24) is 19.7 Å². The van der Waals surface area contributed by atoms with Crippen molar-refractivity contribution in [2.75, 3.05) is 31.1 Å². The number of piperazine rings is 1. The lowest BCUT2D eigenvalue weighted by atomic mass is 10.1. The van der Waals surface area contributed by atoms with E-state index in [2.05, 4.69) is 15.0 Å². The largest absolute Gasteiger partial charge is 0.353 e. The third-order valence-electron chi connectivity index (χ3n) is 4.91. The molecule has 1 aromatic carbocycles. The Kier molecular flexibility index (Phi) is 4.58. The fourth-order valence-corrected chi connectivity index (χ4v) is 3.44. The van der Waals surface area contributed by atoms with Crippen LogP contribution in [0.25, 0.3) is 10.8 Å². The van der Waals surface area contributed by atoms with Crippen LogP contribution >= 0.6 is 0 Å². The predicted octanol–water partition coefficient (Wildman–Crippen LogP) is 1.77. The molecule has 4 rings (SSSR count). The van der Waals surface area contributed by atoms with Gasteiger partial charge in [-0.25, -0.2) is 9.67 Å². The summed E-state index contributed by atoms with van der Waals surface area (Å²) in [5.41, 5.74) is 0.183. The summed E-state index contributed by atoms with van der Waals surface area (Å²) in [5.74, 6) is 0.793. The molecule has 1 saturated heterocycles. The van der Waals surface area contributed by atoms with E-state index in [1.54, 1.807) is 23.2 Å². The molecule has 0 unspecified atom stereocenters. The van der Waals surface area contributed by atoms with Crippen molar-refractivity contribution in [2.45, 2.75) is 13.5 Å². The summed E-state index contributed by atoms with van der Waals surface area (Å²) >= 11 is 0. The molecule has 27 heavy (non-hydrogen) atoms. The number of carbonyl (C=O) groups is 1. The Morgan fingerprint density at radius 1 is 1.00 bits per heavy atom. The van der Waals surface area contributed by atoms with E-state index >= 15 is 0 Å². The topological polar surface area (TPSA) is 71.3 Å². The third-order valence-corrected chi connectivity index (χ3v) is 4.91. The second-order valence-corrected chi connectivity index (χ2v) is 6.48. The summed E-state index contributed by atoms with van der Waals surface area (Å²) in [6, 6.07) is 13.0. The second-order valence-electron chi connectivity index (χ2n) is 6.48. The van der Waals surface area contributed by atoms with Crippen LogP contribution in [0, 0.1) is 0 Å². The molecule has 1 fully saturated rings. The van der Waals surface area contributed by atoms with Gasteiger partial charge in [0, 0.05) is 44.3 Å². The van der Waals surface area contributed by atoms with Gasteiger partial charge in [0.25, 0.3) is 11.5 Å². The first-order valence-electron chi connectivity index (χ1n) is 9.14. The van der Waals surface area contributed by atoms with E-state index in [0.29, 0.717) is 49.2 Å². The standard InChI is InChI=1S/C20H21N5O2/c1-2-25-19(26)16-8-4-3-7-15(16)18(22-25)20(27)24-13-11-23(12-14-24)17-9-5-6-10-21-17/h3-10H,2,11-14H2,1H3. The van der Waals surface area contributed by atoms with E-state index in [-0.39, 0.29) is 11.5 Å². The summed E-state index contributed by atoms with van der Waals surface area (Å²) in [5, 5.41) is 5.51. The first kappa shape index (κ1) is 17.2. The summed E-state index contributed by atoms with van der Waals surface area (Å²) in [7, 11) is 0. The van der Waals surface area contributed by atoms with Gasteiger partial charge in [-0.15, -0.1) is 0 Å². The quantitative estimate of drug-likeness (QED) is 0.709. The van der Waals surface area contributed by atoms with Crippen LogP contribution < -0.4 is 10.5 Å². The highest BCUT2D eigenvalue weighted by molar-refractivity contribution is 6.04. The number of hydrogen-bond donors (Lipinski definition) is 0. The molecule has 138 valence electrons. The molecule has 1 amide bonds. The summed E-state index contributed by atoms with van der Waals surface area (Å²) in [6.07, 6.45) is 1.77. The highest BCUT2D eigenvalue weighted by Gasteiger charge is 2.26. The van der Waals surface area contributed by atoms with Crippen molar-refractivity contribution in [3.8, 4) is 0 Å². The maximum Gasteiger partial charge on any atom is 0.275 e. The molecule has 0 N–H and O–H groups in total. The van der Waals surface area contributed by atoms with E-state index in [4.69, 9.17) is 0 Å². The number of nitrogens with zero attached hydrogens (tertiary/aromatic N) is 5. The number of anilines is 1. The number of pyridine rings is 1. The van der Waals surface area contributed by atoms with Crippen molar-refractivity contribution >= 4 is 22.5 Å². The van der Waals surface area contributed by atoms with Gasteiger partial charge >= 0.3 is 0 Å². The van der Waals surface area contributed by atoms with Crippen LogP contribution in [0.5, 0.6) is 0 Å². The first-order chi connectivity index (χ1) is 13.2. The Morgan fingerprint density at radius 2 is 1.70 bits per heavy atom. The van der Waals surface area contributed by atoms with Crippen LogP contribution in [0.3, 0.4) is 0 Å². The maximum atomic E-state index is 13.2. The third kappa shape index (κ3) is 3.16. The van der Waals surface area contributed by atoms with E-state index in [0.717, 1.165) is 5.82 Å². The number of fused-ring (bicyclic) bond motifs is 1. The fraction of sp³-hybridized carbons (Fsp3) is 0.300. The van der Waals surface area contributed by atoms with E-state index in [1.165, 1.54) is 4.68 Å². The van der Waals surface area contributed by atoms with Crippen LogP contribution in [-0.4, -0.2) is 51.8 Å². The highest BCUT2D eigenvalue weighted by Crippen LogP contribution is 2.18. The van der Waals surface area contributed by atoms with Gasteiger partial charge in [0.15, 0.2) is 5.69 Å². The van der Waals surface area contributed by atoms with Crippen molar-refractivity contribution in [3.05, 3.63) is 64.7 Å². The van der Waals surface area contributed by atoms with Gasteiger partial charge in [0.2, 0.25) is 0 Å². The minimum Gasteiger partial charge on any atom is -0.353 e. The average molecular weight is 363 g/mol. The minimum absolute atomic E-state index is 0.130. The molecule has 3 aromatic rings. The van der Waals surface area contributed by atoms with Gasteiger partial charge in [-0.2, -0.15) is 5.10 Å². The molecular formula is C20H21N5O2. The Balaban J connectivity index is 1.61. The normalized spacial score (nSPS) is 14.6. The van der Waals surface area contributed by atoms with Gasteiger partial charge in [-0.3, -0.25) is 9.59 Å². The molecule has 1 aliphatic rings. The molecule has 2 aromatic heterocycles. The second kappa shape index (κ2) is 7.19. The van der Waals surface area contributed by atoms with Gasteiger partial charge < -0.3 is 9.80 Å². The number of benzene rings is 1. The van der Waals surface area contributed by atoms with E-state index in [1.807, 2.05) is 37.3 Å².